The zero-order valence-electron chi connectivity index (χ0n) is 25.4. The average molecular weight is 681 g/mol. The Morgan fingerprint density at radius 3 is 2.23 bits per heavy atom. The van der Waals surface area contributed by atoms with Crippen LogP contribution >= 0.6 is 35.0 Å². The molecule has 0 fully saturated rings. The van der Waals surface area contributed by atoms with Crippen LogP contribution in [0.2, 0.25) is 10.0 Å². The van der Waals surface area contributed by atoms with Gasteiger partial charge >= 0.3 is 0 Å². The summed E-state index contributed by atoms with van der Waals surface area (Å²) in [7, 11) is -4.20. The number of thioether (sulfide) groups is 1. The first-order valence-corrected chi connectivity index (χ1v) is 17.9. The molecule has 0 aliphatic heterocycles. The third-order valence-corrected chi connectivity index (χ3v) is 10.1. The van der Waals surface area contributed by atoms with E-state index in [0.29, 0.717) is 40.9 Å². The number of carbonyl (C=O) groups is 2. The van der Waals surface area contributed by atoms with E-state index < -0.39 is 28.5 Å². The highest BCUT2D eigenvalue weighted by Crippen LogP contribution is 2.29. The molecule has 0 aliphatic carbocycles. The third kappa shape index (κ3) is 9.30. The van der Waals surface area contributed by atoms with E-state index in [2.05, 4.69) is 5.32 Å². The number of unbranched alkanes of at least 4 members (excludes halogenated alkanes) is 1. The summed E-state index contributed by atoms with van der Waals surface area (Å²) < 4.78 is 34.8. The van der Waals surface area contributed by atoms with Crippen LogP contribution in [0.25, 0.3) is 0 Å². The minimum atomic E-state index is -4.20. The highest BCUT2D eigenvalue weighted by Gasteiger charge is 2.34. The second-order valence-corrected chi connectivity index (χ2v) is 13.5. The fourth-order valence-electron chi connectivity index (χ4n) is 4.54. The molecule has 0 bridgehead atoms. The maximum atomic E-state index is 14.2. The lowest BCUT2D eigenvalue weighted by molar-refractivity contribution is -0.140. The van der Waals surface area contributed by atoms with Gasteiger partial charge in [0.05, 0.1) is 17.2 Å². The molecule has 44 heavy (non-hydrogen) atoms. The lowest BCUT2D eigenvalue weighted by Crippen LogP contribution is -2.52. The van der Waals surface area contributed by atoms with E-state index in [1.165, 1.54) is 28.8 Å². The predicted molar refractivity (Wildman–Crippen MR) is 179 cm³/mol. The molecule has 0 saturated heterocycles. The van der Waals surface area contributed by atoms with E-state index >= 15 is 0 Å². The molecule has 3 aromatic rings. The van der Waals surface area contributed by atoms with Crippen molar-refractivity contribution in [3.63, 3.8) is 0 Å². The van der Waals surface area contributed by atoms with Crippen molar-refractivity contribution in [2.45, 2.75) is 62.4 Å². The molecule has 0 heterocycles. The number of hydrogen-bond acceptors (Lipinski definition) is 6. The topological polar surface area (TPSA) is 96.0 Å². The number of ether oxygens (including phenoxy) is 1. The summed E-state index contributed by atoms with van der Waals surface area (Å²) in [5, 5.41) is 3.68. The van der Waals surface area contributed by atoms with Gasteiger partial charge < -0.3 is 15.0 Å². The summed E-state index contributed by atoms with van der Waals surface area (Å²) in [6, 6.07) is 17.1. The van der Waals surface area contributed by atoms with E-state index in [-0.39, 0.29) is 23.0 Å². The molecule has 8 nitrogen and oxygen atoms in total. The molecule has 0 radical (unpaired) electrons. The average Bonchev–Trinajstić information content (AvgIpc) is 3.01. The molecule has 0 saturated carbocycles. The summed E-state index contributed by atoms with van der Waals surface area (Å²) in [5.41, 5.74) is 0.855. The number of hydrogen-bond donors (Lipinski definition) is 1. The van der Waals surface area contributed by atoms with Gasteiger partial charge in [-0.05, 0) is 92.2 Å². The van der Waals surface area contributed by atoms with E-state index in [9.17, 15) is 18.0 Å². The van der Waals surface area contributed by atoms with E-state index in [0.717, 1.165) is 22.0 Å². The number of carbonyl (C=O) groups excluding carboxylic acids is 2. The molecule has 0 unspecified atom stereocenters. The molecule has 1 N–H and O–H groups in total. The van der Waals surface area contributed by atoms with Crippen LogP contribution in [0.4, 0.5) is 5.69 Å². The van der Waals surface area contributed by atoms with Crippen LogP contribution in [0.5, 0.6) is 5.75 Å². The molecule has 0 aliphatic rings. The van der Waals surface area contributed by atoms with Gasteiger partial charge in [0.1, 0.15) is 18.3 Å². The number of amides is 2. The van der Waals surface area contributed by atoms with Crippen LogP contribution in [0, 0.1) is 0 Å². The van der Waals surface area contributed by atoms with Crippen molar-refractivity contribution in [3.05, 3.63) is 82.3 Å². The van der Waals surface area contributed by atoms with Crippen LogP contribution < -0.4 is 14.4 Å². The number of nitrogens with one attached hydrogen (secondary N) is 1. The summed E-state index contributed by atoms with van der Waals surface area (Å²) in [6.07, 6.45) is 3.89. The zero-order chi connectivity index (χ0) is 32.3. The first-order valence-electron chi connectivity index (χ1n) is 14.5. The summed E-state index contributed by atoms with van der Waals surface area (Å²) in [5.74, 6) is -0.313. The number of nitrogens with zero attached hydrogens (tertiary/aromatic N) is 2. The van der Waals surface area contributed by atoms with Gasteiger partial charge in [-0.2, -0.15) is 0 Å². The number of halogens is 2. The lowest BCUT2D eigenvalue weighted by Gasteiger charge is -2.33. The quantitative estimate of drug-likeness (QED) is 0.129. The fraction of sp³-hybridized carbons (Fsp3) is 0.375. The van der Waals surface area contributed by atoms with Crippen LogP contribution in [0.15, 0.2) is 76.5 Å². The Morgan fingerprint density at radius 1 is 0.977 bits per heavy atom. The van der Waals surface area contributed by atoms with Gasteiger partial charge in [0.15, 0.2) is 0 Å². The molecule has 3 rings (SSSR count). The Morgan fingerprint density at radius 2 is 1.66 bits per heavy atom. The monoisotopic (exact) mass is 679 g/mol. The van der Waals surface area contributed by atoms with E-state index in [4.69, 9.17) is 27.9 Å². The number of sulfonamides is 1. The zero-order valence-corrected chi connectivity index (χ0v) is 28.5. The largest absolute Gasteiger partial charge is 0.494 e. The Hall–Kier alpha value is -2.92. The number of benzene rings is 3. The van der Waals surface area contributed by atoms with Gasteiger partial charge in [0.25, 0.3) is 10.0 Å². The van der Waals surface area contributed by atoms with Crippen molar-refractivity contribution in [1.29, 1.82) is 0 Å². The van der Waals surface area contributed by atoms with Gasteiger partial charge in [-0.1, -0.05) is 49.5 Å². The molecule has 3 aromatic carbocycles. The lowest BCUT2D eigenvalue weighted by atomic mass is 10.1. The molecule has 12 heteroatoms. The standard InChI is InChI=1S/C32H39Cl2N3O5S2/c1-5-8-19-35-32(39)30(6-2)36(21-23-9-10-24(33)20-29(23)34)31(38)22-37(25-11-13-26(14-12-25)42-7-3)44(40,41)28-17-15-27(43-4)16-18-28/h9-18,20,30H,5-8,19,21-22H2,1-4H3,(H,35,39)/t30-/m0/s1. The predicted octanol–water partition coefficient (Wildman–Crippen LogP) is 7.03. The molecule has 1 atom stereocenters. The summed E-state index contributed by atoms with van der Waals surface area (Å²) >= 11 is 14.1. The van der Waals surface area contributed by atoms with Gasteiger partial charge in [-0.25, -0.2) is 8.42 Å². The smallest absolute Gasteiger partial charge is 0.264 e. The Kier molecular flexibility index (Phi) is 13.7. The second kappa shape index (κ2) is 17.0. The van der Waals surface area contributed by atoms with E-state index in [1.807, 2.05) is 27.0 Å². The first kappa shape index (κ1) is 35.6. The molecular weight excluding hydrogens is 641 g/mol. The highest BCUT2D eigenvalue weighted by atomic mass is 35.5. The molecule has 238 valence electrons. The second-order valence-electron chi connectivity index (χ2n) is 9.94. The minimum absolute atomic E-state index is 0.0197. The first-order chi connectivity index (χ1) is 21.0. The van der Waals surface area contributed by atoms with Crippen LogP contribution in [-0.4, -0.2) is 57.1 Å². The third-order valence-electron chi connectivity index (χ3n) is 6.93. The van der Waals surface area contributed by atoms with Crippen LogP contribution in [0.3, 0.4) is 0 Å². The highest BCUT2D eigenvalue weighted by molar-refractivity contribution is 7.98. The summed E-state index contributed by atoms with van der Waals surface area (Å²) in [4.78, 5) is 29.9. The van der Waals surface area contributed by atoms with Crippen LogP contribution in [0.1, 0.15) is 45.6 Å². The molecule has 0 aromatic heterocycles. The normalized spacial score (nSPS) is 12.0. The summed E-state index contributed by atoms with van der Waals surface area (Å²) in [6.45, 7) is 6.02. The van der Waals surface area contributed by atoms with Gasteiger partial charge in [0.2, 0.25) is 11.8 Å². The molecule has 0 spiro atoms. The SMILES string of the molecule is CCCCNC(=O)[C@H](CC)N(Cc1ccc(Cl)cc1Cl)C(=O)CN(c1ccc(OCC)cc1)S(=O)(=O)c1ccc(SC)cc1. The van der Waals surface area contributed by atoms with Crippen LogP contribution in [-0.2, 0) is 26.2 Å². The van der Waals surface area contributed by atoms with Gasteiger partial charge in [-0.15, -0.1) is 11.8 Å². The van der Waals surface area contributed by atoms with Crippen molar-refractivity contribution in [2.75, 3.05) is 30.3 Å². The van der Waals surface area contributed by atoms with Crippen molar-refractivity contribution >= 4 is 62.5 Å². The van der Waals surface area contributed by atoms with Crippen molar-refractivity contribution in [1.82, 2.24) is 10.2 Å². The van der Waals surface area contributed by atoms with Gasteiger partial charge in [0, 0.05) is 28.0 Å². The maximum absolute atomic E-state index is 14.2. The van der Waals surface area contributed by atoms with E-state index in [1.54, 1.807) is 54.6 Å². The Balaban J connectivity index is 2.07. The Labute approximate surface area is 275 Å². The van der Waals surface area contributed by atoms with Gasteiger partial charge in [-0.3, -0.25) is 13.9 Å². The van der Waals surface area contributed by atoms with Crippen molar-refractivity contribution in [2.24, 2.45) is 0 Å². The number of rotatable bonds is 16. The fourth-order valence-corrected chi connectivity index (χ4v) is 6.83. The number of anilines is 1. The molecular formula is C32H39Cl2N3O5S2. The van der Waals surface area contributed by atoms with Crippen molar-refractivity contribution < 1.29 is 22.7 Å². The molecule has 2 amide bonds. The minimum Gasteiger partial charge on any atom is -0.494 e. The van der Waals surface area contributed by atoms with Crippen molar-refractivity contribution in [3.8, 4) is 5.75 Å². The Bertz CT molecular complexity index is 1500. The maximum Gasteiger partial charge on any atom is 0.264 e.